The van der Waals surface area contributed by atoms with E-state index in [1.54, 1.807) is 0 Å². The number of aromatic nitrogens is 2. The van der Waals surface area contributed by atoms with Crippen LogP contribution in [0.1, 0.15) is 45.0 Å². The van der Waals surface area contributed by atoms with Crippen LogP contribution in [0.15, 0.2) is 0 Å². The van der Waals surface area contributed by atoms with Gasteiger partial charge in [0.1, 0.15) is 17.5 Å². The second-order valence-corrected chi connectivity index (χ2v) is 5.68. The Hall–Kier alpha value is -1.36. The van der Waals surface area contributed by atoms with Gasteiger partial charge < -0.3 is 15.4 Å². The molecule has 0 saturated carbocycles. The van der Waals surface area contributed by atoms with Crippen LogP contribution >= 0.6 is 0 Å². The zero-order valence-electron chi connectivity index (χ0n) is 14.1. The Morgan fingerprint density at radius 3 is 2.48 bits per heavy atom. The van der Waals surface area contributed by atoms with Gasteiger partial charge in [-0.1, -0.05) is 20.8 Å². The van der Waals surface area contributed by atoms with Crippen molar-refractivity contribution in [2.45, 2.75) is 47.0 Å². The summed E-state index contributed by atoms with van der Waals surface area (Å²) in [6, 6.07) is 0. The zero-order valence-corrected chi connectivity index (χ0v) is 14.1. The van der Waals surface area contributed by atoms with Gasteiger partial charge in [-0.2, -0.15) is 0 Å². The van der Waals surface area contributed by atoms with Crippen LogP contribution in [0.4, 0.5) is 11.6 Å². The third-order valence-electron chi connectivity index (χ3n) is 3.28. The second kappa shape index (κ2) is 9.55. The first-order valence-corrected chi connectivity index (χ1v) is 7.95. The molecule has 0 aliphatic rings. The van der Waals surface area contributed by atoms with E-state index >= 15 is 0 Å². The third-order valence-corrected chi connectivity index (χ3v) is 3.28. The Balaban J connectivity index is 2.51. The summed E-state index contributed by atoms with van der Waals surface area (Å²) in [5.41, 5.74) is 1.06. The van der Waals surface area contributed by atoms with Crippen LogP contribution in [0.5, 0.6) is 0 Å². The molecule has 1 aromatic rings. The molecule has 0 amide bonds. The summed E-state index contributed by atoms with van der Waals surface area (Å²) in [4.78, 5) is 9.12. The maximum Gasteiger partial charge on any atom is 0.134 e. The van der Waals surface area contributed by atoms with Crippen LogP contribution in [0.3, 0.4) is 0 Å². The van der Waals surface area contributed by atoms with Crippen molar-refractivity contribution in [1.82, 2.24) is 9.97 Å². The molecule has 0 aromatic carbocycles. The lowest BCUT2D eigenvalue weighted by Crippen LogP contribution is -2.14. The number of aryl methyl sites for hydroxylation is 1. The highest BCUT2D eigenvalue weighted by molar-refractivity contribution is 5.56. The summed E-state index contributed by atoms with van der Waals surface area (Å²) in [5.74, 6) is 3.38. The maximum absolute atomic E-state index is 5.62. The predicted octanol–water partition coefficient (Wildman–Crippen LogP) is 3.25. The molecule has 0 aliphatic carbocycles. The van der Waals surface area contributed by atoms with Crippen LogP contribution in [0.25, 0.3) is 0 Å². The van der Waals surface area contributed by atoms with Crippen molar-refractivity contribution in [1.29, 1.82) is 0 Å². The SMILES string of the molecule is CCCc1nc(NC)c(C)c(NCCOCCC(C)C)n1. The number of hydrogen-bond acceptors (Lipinski definition) is 5. The number of ether oxygens (including phenoxy) is 1. The van der Waals surface area contributed by atoms with Gasteiger partial charge in [0.05, 0.1) is 6.61 Å². The highest BCUT2D eigenvalue weighted by atomic mass is 16.5. The monoisotopic (exact) mass is 294 g/mol. The number of nitrogens with zero attached hydrogens (tertiary/aromatic N) is 2. The van der Waals surface area contributed by atoms with Crippen molar-refractivity contribution in [3.05, 3.63) is 11.4 Å². The molecule has 1 heterocycles. The minimum Gasteiger partial charge on any atom is -0.380 e. The topological polar surface area (TPSA) is 59.1 Å². The van der Waals surface area contributed by atoms with Crippen molar-refractivity contribution >= 4 is 11.6 Å². The van der Waals surface area contributed by atoms with Crippen molar-refractivity contribution < 1.29 is 4.74 Å². The Labute approximate surface area is 128 Å². The highest BCUT2D eigenvalue weighted by Gasteiger charge is 2.09. The highest BCUT2D eigenvalue weighted by Crippen LogP contribution is 2.19. The first-order valence-electron chi connectivity index (χ1n) is 7.95. The average molecular weight is 294 g/mol. The van der Waals surface area contributed by atoms with Gasteiger partial charge >= 0.3 is 0 Å². The molecule has 120 valence electrons. The summed E-state index contributed by atoms with van der Waals surface area (Å²) in [6.45, 7) is 10.9. The van der Waals surface area contributed by atoms with E-state index in [0.717, 1.165) is 55.4 Å². The molecule has 5 heteroatoms. The van der Waals surface area contributed by atoms with Gasteiger partial charge in [-0.15, -0.1) is 0 Å². The summed E-state index contributed by atoms with van der Waals surface area (Å²) >= 11 is 0. The lowest BCUT2D eigenvalue weighted by Gasteiger charge is -2.14. The molecule has 0 unspecified atom stereocenters. The molecule has 0 atom stereocenters. The second-order valence-electron chi connectivity index (χ2n) is 5.68. The van der Waals surface area contributed by atoms with E-state index in [9.17, 15) is 0 Å². The molecular weight excluding hydrogens is 264 g/mol. The first kappa shape index (κ1) is 17.7. The van der Waals surface area contributed by atoms with E-state index in [1.807, 2.05) is 14.0 Å². The van der Waals surface area contributed by atoms with Crippen molar-refractivity contribution in [3.63, 3.8) is 0 Å². The van der Waals surface area contributed by atoms with Gasteiger partial charge in [0, 0.05) is 32.2 Å². The summed E-state index contributed by atoms with van der Waals surface area (Å²) in [6.07, 6.45) is 3.05. The molecule has 0 saturated heterocycles. The predicted molar refractivity (Wildman–Crippen MR) is 89.1 cm³/mol. The summed E-state index contributed by atoms with van der Waals surface area (Å²) < 4.78 is 5.62. The molecule has 5 nitrogen and oxygen atoms in total. The van der Waals surface area contributed by atoms with Gasteiger partial charge in [-0.25, -0.2) is 9.97 Å². The Morgan fingerprint density at radius 2 is 1.86 bits per heavy atom. The van der Waals surface area contributed by atoms with Crippen molar-refractivity contribution in [2.75, 3.05) is 37.4 Å². The lowest BCUT2D eigenvalue weighted by molar-refractivity contribution is 0.132. The molecule has 21 heavy (non-hydrogen) atoms. The molecule has 1 aromatic heterocycles. The van der Waals surface area contributed by atoms with Crippen LogP contribution in [0, 0.1) is 12.8 Å². The van der Waals surface area contributed by atoms with Crippen molar-refractivity contribution in [2.24, 2.45) is 5.92 Å². The van der Waals surface area contributed by atoms with Gasteiger partial charge in [0.2, 0.25) is 0 Å². The van der Waals surface area contributed by atoms with E-state index in [0.29, 0.717) is 12.5 Å². The van der Waals surface area contributed by atoms with Crippen LogP contribution < -0.4 is 10.6 Å². The van der Waals surface area contributed by atoms with E-state index in [4.69, 9.17) is 4.74 Å². The molecule has 1 rings (SSSR count). The fourth-order valence-corrected chi connectivity index (χ4v) is 1.98. The third kappa shape index (κ3) is 6.29. The maximum atomic E-state index is 5.62. The number of hydrogen-bond donors (Lipinski definition) is 2. The Bertz CT molecular complexity index is 421. The fourth-order valence-electron chi connectivity index (χ4n) is 1.98. The van der Waals surface area contributed by atoms with E-state index < -0.39 is 0 Å². The van der Waals surface area contributed by atoms with Gasteiger partial charge in [-0.3, -0.25) is 0 Å². The molecule has 0 bridgehead atoms. The number of nitrogens with one attached hydrogen (secondary N) is 2. The van der Waals surface area contributed by atoms with Gasteiger partial charge in [-0.05, 0) is 25.7 Å². The number of anilines is 2. The van der Waals surface area contributed by atoms with Gasteiger partial charge in [0.15, 0.2) is 0 Å². The average Bonchev–Trinajstić information content (AvgIpc) is 2.45. The van der Waals surface area contributed by atoms with Crippen LogP contribution in [-0.2, 0) is 11.2 Å². The molecule has 2 N–H and O–H groups in total. The smallest absolute Gasteiger partial charge is 0.134 e. The molecule has 0 spiro atoms. The largest absolute Gasteiger partial charge is 0.380 e. The van der Waals surface area contributed by atoms with Crippen molar-refractivity contribution in [3.8, 4) is 0 Å². The summed E-state index contributed by atoms with van der Waals surface area (Å²) in [7, 11) is 1.89. The Morgan fingerprint density at radius 1 is 1.14 bits per heavy atom. The molecule has 0 fully saturated rings. The fraction of sp³-hybridized carbons (Fsp3) is 0.750. The normalized spacial score (nSPS) is 11.0. The van der Waals surface area contributed by atoms with Crippen LogP contribution in [0.2, 0.25) is 0 Å². The molecule has 0 aliphatic heterocycles. The first-order chi connectivity index (χ1) is 10.1. The number of rotatable bonds is 10. The molecule has 0 radical (unpaired) electrons. The quantitative estimate of drug-likeness (QED) is 0.649. The minimum absolute atomic E-state index is 0.692. The van der Waals surface area contributed by atoms with Gasteiger partial charge in [0.25, 0.3) is 0 Å². The van der Waals surface area contributed by atoms with Crippen LogP contribution in [-0.4, -0.2) is 36.8 Å². The lowest BCUT2D eigenvalue weighted by atomic mass is 10.1. The molecular formula is C16H30N4O. The van der Waals surface area contributed by atoms with E-state index in [1.165, 1.54) is 0 Å². The minimum atomic E-state index is 0.692. The summed E-state index contributed by atoms with van der Waals surface area (Å²) in [5, 5.41) is 6.49. The Kier molecular flexibility index (Phi) is 8.05. The van der Waals surface area contributed by atoms with E-state index in [-0.39, 0.29) is 0 Å². The zero-order chi connectivity index (χ0) is 15.7. The van der Waals surface area contributed by atoms with E-state index in [2.05, 4.69) is 41.4 Å². The standard InChI is InChI=1S/C16H30N4O/c1-6-7-14-19-15(17-5)13(4)16(20-14)18-9-11-21-10-8-12(2)3/h12H,6-11H2,1-5H3,(H2,17,18,19,20).